The van der Waals surface area contributed by atoms with Crippen molar-refractivity contribution in [2.24, 2.45) is 0 Å². The first kappa shape index (κ1) is 8.09. The topological polar surface area (TPSA) is 69.9 Å². The lowest BCUT2D eigenvalue weighted by Gasteiger charge is -2.03. The van der Waals surface area contributed by atoms with E-state index < -0.39 is 0 Å². The van der Waals surface area contributed by atoms with Crippen molar-refractivity contribution in [2.75, 3.05) is 0 Å². The normalized spacial score (nSPS) is 14.2. The van der Waals surface area contributed by atoms with Gasteiger partial charge in [0.15, 0.2) is 0 Å². The number of carbonyl (C=O) groups excluding carboxylic acids is 1. The zero-order chi connectivity index (χ0) is 9.42. The summed E-state index contributed by atoms with van der Waals surface area (Å²) in [7, 11) is 2.30. The minimum Gasteiger partial charge on any atom is -0.317 e. The van der Waals surface area contributed by atoms with Crippen molar-refractivity contribution in [3.63, 3.8) is 0 Å². The number of amides is 1. The zero-order valence-electron chi connectivity index (χ0n) is 6.56. The van der Waals surface area contributed by atoms with Crippen LogP contribution in [-0.2, 0) is 6.54 Å². The van der Waals surface area contributed by atoms with Gasteiger partial charge in [-0.3, -0.25) is 4.79 Å². The Labute approximate surface area is 76.7 Å². The van der Waals surface area contributed by atoms with E-state index in [1.807, 2.05) is 0 Å². The Morgan fingerprint density at radius 1 is 1.69 bits per heavy atom. The second-order valence-corrected chi connectivity index (χ2v) is 3.24. The van der Waals surface area contributed by atoms with Crippen molar-refractivity contribution in [3.8, 4) is 6.07 Å². The lowest BCUT2D eigenvalue weighted by Crippen LogP contribution is -2.11. The Kier molecular flexibility index (Phi) is 1.71. The fraction of sp³-hybridized carbons (Fsp3) is 0.143. The van der Waals surface area contributed by atoms with Gasteiger partial charge in [0.25, 0.3) is 5.91 Å². The van der Waals surface area contributed by atoms with E-state index in [1.165, 1.54) is 10.9 Å². The predicted octanol–water partition coefficient (Wildman–Crippen LogP) is 0.0942. The third-order valence-electron chi connectivity index (χ3n) is 1.77. The molecule has 2 heterocycles. The first-order valence-corrected chi connectivity index (χ1v) is 4.06. The van der Waals surface area contributed by atoms with Crippen LogP contribution in [0.2, 0.25) is 0 Å². The Balaban J connectivity index is 2.56. The van der Waals surface area contributed by atoms with Gasteiger partial charge in [0, 0.05) is 11.8 Å². The molecule has 1 aliphatic heterocycles. The van der Waals surface area contributed by atoms with Crippen molar-refractivity contribution >= 4 is 15.3 Å². The molecule has 1 unspecified atom stereocenters. The number of nitriles is 1. The van der Waals surface area contributed by atoms with Gasteiger partial charge in [-0.15, -0.1) is 0 Å². The number of nitrogens with zero attached hydrogens (tertiary/aromatic N) is 4. The Morgan fingerprint density at radius 3 is 3.15 bits per heavy atom. The summed E-state index contributed by atoms with van der Waals surface area (Å²) in [4.78, 5) is 19.0. The molecule has 0 aromatic carbocycles. The average molecular weight is 192 g/mol. The summed E-state index contributed by atoms with van der Waals surface area (Å²) in [6, 6.07) is 1.79. The van der Waals surface area contributed by atoms with E-state index in [1.54, 1.807) is 6.07 Å². The summed E-state index contributed by atoms with van der Waals surface area (Å²) in [5, 5.41) is 8.52. The largest absolute Gasteiger partial charge is 0.317 e. The summed E-state index contributed by atoms with van der Waals surface area (Å²) >= 11 is 0. The van der Waals surface area contributed by atoms with E-state index in [0.29, 0.717) is 12.2 Å². The molecule has 0 N–H and O–H groups in total. The molecule has 6 heteroatoms. The van der Waals surface area contributed by atoms with Crippen LogP contribution < -0.4 is 0 Å². The van der Waals surface area contributed by atoms with Crippen LogP contribution in [0, 0.1) is 11.3 Å². The van der Waals surface area contributed by atoms with Crippen LogP contribution in [0.3, 0.4) is 0 Å². The van der Waals surface area contributed by atoms with Gasteiger partial charge in [-0.2, -0.15) is 5.26 Å². The first-order valence-electron chi connectivity index (χ1n) is 3.55. The molecular weight excluding hydrogens is 187 g/mol. The van der Waals surface area contributed by atoms with E-state index in [-0.39, 0.29) is 11.7 Å². The van der Waals surface area contributed by atoms with Crippen LogP contribution in [0.4, 0.5) is 0 Å². The van der Waals surface area contributed by atoms with Crippen LogP contribution in [0.25, 0.3) is 0 Å². The molecule has 13 heavy (non-hydrogen) atoms. The van der Waals surface area contributed by atoms with E-state index in [2.05, 4.69) is 19.4 Å². The molecule has 1 aromatic rings. The van der Waals surface area contributed by atoms with E-state index in [4.69, 9.17) is 5.26 Å². The standard InChI is InChI=1S/C7H5N4OP/c8-1-5-9-2-4-3-11(13)7(12)6(4)10-5/h2H,3,13H2. The van der Waals surface area contributed by atoms with Crippen molar-refractivity contribution < 1.29 is 4.79 Å². The number of rotatable bonds is 0. The van der Waals surface area contributed by atoms with Gasteiger partial charge in [-0.25, -0.2) is 9.97 Å². The molecule has 0 fully saturated rings. The number of carbonyl (C=O) groups is 1. The van der Waals surface area contributed by atoms with Crippen LogP contribution in [0.15, 0.2) is 6.20 Å². The molecule has 1 aliphatic rings. The number of hydrogen-bond acceptors (Lipinski definition) is 4. The summed E-state index contributed by atoms with van der Waals surface area (Å²) < 4.78 is 1.46. The van der Waals surface area contributed by atoms with Gasteiger partial charge < -0.3 is 4.67 Å². The highest BCUT2D eigenvalue weighted by molar-refractivity contribution is 7.14. The van der Waals surface area contributed by atoms with E-state index in [9.17, 15) is 4.79 Å². The predicted molar refractivity (Wildman–Crippen MR) is 46.3 cm³/mol. The molecule has 0 bridgehead atoms. The molecule has 1 amide bonds. The minimum atomic E-state index is -0.182. The molecule has 0 radical (unpaired) electrons. The van der Waals surface area contributed by atoms with Crippen molar-refractivity contribution in [3.05, 3.63) is 23.3 Å². The lowest BCUT2D eigenvalue weighted by atomic mass is 10.3. The quantitative estimate of drug-likeness (QED) is 0.546. The molecule has 1 atom stereocenters. The summed E-state index contributed by atoms with van der Waals surface area (Å²) in [6.07, 6.45) is 1.52. The summed E-state index contributed by atoms with van der Waals surface area (Å²) in [5.74, 6) is -0.147. The maximum atomic E-state index is 11.4. The number of aromatic nitrogens is 2. The highest BCUT2D eigenvalue weighted by atomic mass is 31.0. The van der Waals surface area contributed by atoms with Gasteiger partial charge in [-0.1, -0.05) is 0 Å². The van der Waals surface area contributed by atoms with E-state index >= 15 is 0 Å². The van der Waals surface area contributed by atoms with Gasteiger partial charge in [0.05, 0.1) is 6.54 Å². The second-order valence-electron chi connectivity index (χ2n) is 2.61. The highest BCUT2D eigenvalue weighted by Crippen LogP contribution is 2.22. The lowest BCUT2D eigenvalue weighted by molar-refractivity contribution is 0.0884. The number of hydrogen-bond donors (Lipinski definition) is 0. The minimum absolute atomic E-state index is 0.0346. The third kappa shape index (κ3) is 1.16. The van der Waals surface area contributed by atoms with Gasteiger partial charge in [0.2, 0.25) is 5.82 Å². The van der Waals surface area contributed by atoms with Crippen molar-refractivity contribution in [1.82, 2.24) is 14.6 Å². The fourth-order valence-electron chi connectivity index (χ4n) is 1.15. The summed E-state index contributed by atoms with van der Waals surface area (Å²) in [6.45, 7) is 0.491. The average Bonchev–Trinajstić information content (AvgIpc) is 2.43. The van der Waals surface area contributed by atoms with Gasteiger partial charge in [-0.05, 0) is 9.39 Å². The smallest absolute Gasteiger partial charge is 0.276 e. The molecule has 1 aromatic heterocycles. The molecule has 5 nitrogen and oxygen atoms in total. The molecule has 0 aliphatic carbocycles. The molecule has 0 spiro atoms. The fourth-order valence-corrected chi connectivity index (χ4v) is 1.47. The maximum absolute atomic E-state index is 11.4. The van der Waals surface area contributed by atoms with Crippen molar-refractivity contribution in [1.29, 1.82) is 5.26 Å². The second kappa shape index (κ2) is 2.75. The molecule has 0 saturated carbocycles. The first-order chi connectivity index (χ1) is 6.22. The van der Waals surface area contributed by atoms with Crippen molar-refractivity contribution in [2.45, 2.75) is 6.54 Å². The van der Waals surface area contributed by atoms with Gasteiger partial charge in [0.1, 0.15) is 11.8 Å². The Bertz CT molecular complexity index is 425. The maximum Gasteiger partial charge on any atom is 0.276 e. The van der Waals surface area contributed by atoms with Crippen LogP contribution >= 0.6 is 9.39 Å². The molecule has 0 saturated heterocycles. The summed E-state index contributed by atoms with van der Waals surface area (Å²) in [5.41, 5.74) is 1.10. The Morgan fingerprint density at radius 2 is 2.46 bits per heavy atom. The van der Waals surface area contributed by atoms with Crippen LogP contribution in [0.5, 0.6) is 0 Å². The van der Waals surface area contributed by atoms with Crippen LogP contribution in [-0.4, -0.2) is 20.5 Å². The monoisotopic (exact) mass is 192 g/mol. The Hall–Kier alpha value is -1.53. The molecule has 2 rings (SSSR count). The van der Waals surface area contributed by atoms with E-state index in [0.717, 1.165) is 5.56 Å². The third-order valence-corrected chi connectivity index (χ3v) is 2.19. The number of fused-ring (bicyclic) bond motifs is 1. The molecular formula is C7H5N4OP. The van der Waals surface area contributed by atoms with Gasteiger partial charge >= 0.3 is 0 Å². The highest BCUT2D eigenvalue weighted by Gasteiger charge is 2.26. The molecule has 64 valence electrons. The SMILES string of the molecule is N#Cc1ncc2c(n1)C(=O)N(P)C2. The zero-order valence-corrected chi connectivity index (χ0v) is 7.71. The van der Waals surface area contributed by atoms with Crippen LogP contribution in [0.1, 0.15) is 21.9 Å².